The number of aryl methyl sites for hydroxylation is 4. The van der Waals surface area contributed by atoms with Crippen LogP contribution in [0.15, 0.2) is 54.6 Å². The predicted molar refractivity (Wildman–Crippen MR) is 221 cm³/mol. The summed E-state index contributed by atoms with van der Waals surface area (Å²) in [5.41, 5.74) is 11.9. The maximum absolute atomic E-state index is 9.81. The highest BCUT2D eigenvalue weighted by molar-refractivity contribution is 6.45. The van der Waals surface area contributed by atoms with Gasteiger partial charge in [0, 0.05) is 112 Å². The van der Waals surface area contributed by atoms with Gasteiger partial charge in [-0.1, -0.05) is 41.9 Å². The predicted octanol–water partition coefficient (Wildman–Crippen LogP) is 6.03. The molecule has 0 saturated carbocycles. The maximum Gasteiger partial charge on any atom is 0.376 e. The molecule has 4 aromatic heterocycles. The number of morpholine rings is 2. The molecular weight excluding hydrogens is 697 g/mol. The van der Waals surface area contributed by atoms with Crippen LogP contribution in [0.4, 0.5) is 0 Å². The Kier molecular flexibility index (Phi) is 12.5. The van der Waals surface area contributed by atoms with Crippen molar-refractivity contribution in [1.29, 1.82) is 0 Å². The molecule has 12 heteroatoms. The van der Waals surface area contributed by atoms with Crippen molar-refractivity contribution in [1.82, 2.24) is 33.7 Å². The quantitative estimate of drug-likeness (QED) is 0.145. The molecule has 0 atom stereocenters. The monoisotopic (exact) mass is 751 g/mol. The molecule has 3 aliphatic rings. The number of hydrogen-bond donors (Lipinski definition) is 1. The topological polar surface area (TPSA) is 84.0 Å². The molecule has 0 radical (unpaired) electrons. The molecule has 5 aromatic rings. The summed E-state index contributed by atoms with van der Waals surface area (Å²) in [5, 5.41) is 12.7. The molecule has 286 valence electrons. The van der Waals surface area contributed by atoms with E-state index in [2.05, 4.69) is 104 Å². The molecule has 1 aromatic carbocycles. The van der Waals surface area contributed by atoms with Gasteiger partial charge < -0.3 is 28.4 Å². The van der Waals surface area contributed by atoms with E-state index >= 15 is 0 Å². The van der Waals surface area contributed by atoms with E-state index in [0.29, 0.717) is 5.15 Å². The van der Waals surface area contributed by atoms with Crippen LogP contribution in [-0.4, -0.2) is 125 Å². The normalized spacial score (nSPS) is 17.5. The summed E-state index contributed by atoms with van der Waals surface area (Å²) in [7, 11) is 3.89. The third kappa shape index (κ3) is 8.94. The second kappa shape index (κ2) is 17.5. The van der Waals surface area contributed by atoms with Gasteiger partial charge in [0.05, 0.1) is 43.2 Å². The van der Waals surface area contributed by atoms with Crippen LogP contribution in [0, 0.1) is 13.8 Å². The number of aromatic nitrogens is 4. The van der Waals surface area contributed by atoms with Crippen molar-refractivity contribution in [2.45, 2.75) is 39.9 Å². The number of fused-ring (bicyclic) bond motifs is 2. The first kappa shape index (κ1) is 38.7. The number of nitrogens with zero attached hydrogens (tertiary/aromatic N) is 7. The molecule has 0 unspecified atom stereocenters. The van der Waals surface area contributed by atoms with Gasteiger partial charge in [0.1, 0.15) is 5.15 Å². The molecule has 0 aliphatic carbocycles. The van der Waals surface area contributed by atoms with Crippen LogP contribution < -0.4 is 0 Å². The Morgan fingerprint density at radius 1 is 0.722 bits per heavy atom. The van der Waals surface area contributed by atoms with Crippen molar-refractivity contribution in [2.24, 2.45) is 14.1 Å². The van der Waals surface area contributed by atoms with Gasteiger partial charge >= 0.3 is 7.05 Å². The zero-order valence-corrected chi connectivity index (χ0v) is 33.4. The largest absolute Gasteiger partial charge is 0.437 e. The number of pyridine rings is 2. The standard InChI is InChI=1S/C27H35BN4O2.C15H20ClN3O/c1-20-18-26-25(19-24(30(26)3)10-11-31-14-16-34-17-15-31)27(29-20)23-6-4-21(5-7-23)22-8-12-32(13-9-22)28(2)33;1-11-9-14-13(15(16)17-11)10-12(18(14)2)3-4-19-5-7-20-8-6-19/h4-8,18-19,33H,9-17H2,1-3H3;9-10H,3-8H2,1-2H3. The zero-order chi connectivity index (χ0) is 37.8. The van der Waals surface area contributed by atoms with E-state index in [1.807, 2.05) is 13.7 Å². The Hall–Kier alpha value is -3.55. The lowest BCUT2D eigenvalue weighted by Gasteiger charge is -2.27. The van der Waals surface area contributed by atoms with Crippen LogP contribution in [0.1, 0.15) is 34.8 Å². The Morgan fingerprint density at radius 2 is 1.24 bits per heavy atom. The SMILES string of the molecule is CB(O)N1CC=C(c2ccc(-c3nc(C)cc4c3cc(CCN3CCOCC3)n4C)cc2)CC1.Cc1cc2c(cc(CCN3CCOCC3)n2C)c(Cl)n1. The molecule has 54 heavy (non-hydrogen) atoms. The zero-order valence-electron chi connectivity index (χ0n) is 32.7. The summed E-state index contributed by atoms with van der Waals surface area (Å²) >= 11 is 6.25. The van der Waals surface area contributed by atoms with Gasteiger partial charge in [-0.2, -0.15) is 0 Å². The molecule has 0 bridgehead atoms. The molecule has 2 fully saturated rings. The van der Waals surface area contributed by atoms with Crippen LogP contribution in [0.3, 0.4) is 0 Å². The fraction of sp³-hybridized carbons (Fsp3) is 0.476. The van der Waals surface area contributed by atoms with Crippen molar-refractivity contribution in [3.05, 3.63) is 88.1 Å². The smallest absolute Gasteiger partial charge is 0.376 e. The first-order chi connectivity index (χ1) is 26.1. The summed E-state index contributed by atoms with van der Waals surface area (Å²) in [5.74, 6) is 0. The lowest BCUT2D eigenvalue weighted by Crippen LogP contribution is -2.39. The van der Waals surface area contributed by atoms with E-state index in [0.717, 1.165) is 126 Å². The maximum atomic E-state index is 9.81. The van der Waals surface area contributed by atoms with E-state index in [-0.39, 0.29) is 7.05 Å². The van der Waals surface area contributed by atoms with Gasteiger partial charge in [-0.05, 0) is 69.0 Å². The second-order valence-corrected chi connectivity index (χ2v) is 15.4. The first-order valence-corrected chi connectivity index (χ1v) is 19.9. The molecule has 7 heterocycles. The fourth-order valence-corrected chi connectivity index (χ4v) is 8.27. The van der Waals surface area contributed by atoms with Gasteiger partial charge in [-0.3, -0.25) is 14.8 Å². The molecule has 0 amide bonds. The Morgan fingerprint density at radius 3 is 1.78 bits per heavy atom. The van der Waals surface area contributed by atoms with E-state index in [4.69, 9.17) is 26.1 Å². The fourth-order valence-electron chi connectivity index (χ4n) is 7.98. The Balaban J connectivity index is 0.000000191. The molecule has 1 N–H and O–H groups in total. The highest BCUT2D eigenvalue weighted by atomic mass is 35.5. The highest BCUT2D eigenvalue weighted by Crippen LogP contribution is 2.32. The van der Waals surface area contributed by atoms with Gasteiger partial charge in [0.15, 0.2) is 0 Å². The molecular formula is C42H55BClN7O3. The molecule has 0 spiro atoms. The summed E-state index contributed by atoms with van der Waals surface area (Å²) < 4.78 is 15.4. The van der Waals surface area contributed by atoms with Crippen molar-refractivity contribution in [2.75, 3.05) is 78.8 Å². The third-order valence-corrected chi connectivity index (χ3v) is 11.7. The lowest BCUT2D eigenvalue weighted by atomic mass is 9.82. The Bertz CT molecular complexity index is 2080. The van der Waals surface area contributed by atoms with Crippen LogP contribution in [0.2, 0.25) is 12.0 Å². The summed E-state index contributed by atoms with van der Waals surface area (Å²) in [6.45, 7) is 17.2. The minimum Gasteiger partial charge on any atom is -0.437 e. The second-order valence-electron chi connectivity index (χ2n) is 15.0. The summed E-state index contributed by atoms with van der Waals surface area (Å²) in [4.78, 5) is 16.3. The van der Waals surface area contributed by atoms with Crippen molar-refractivity contribution >= 4 is 46.0 Å². The average Bonchev–Trinajstić information content (AvgIpc) is 3.68. The lowest BCUT2D eigenvalue weighted by molar-refractivity contribution is 0.0382. The highest BCUT2D eigenvalue weighted by Gasteiger charge is 2.20. The van der Waals surface area contributed by atoms with Crippen molar-refractivity contribution < 1.29 is 14.5 Å². The molecule has 10 nitrogen and oxygen atoms in total. The minimum absolute atomic E-state index is 0.389. The third-order valence-electron chi connectivity index (χ3n) is 11.4. The number of halogens is 1. The van der Waals surface area contributed by atoms with E-state index in [1.54, 1.807) is 0 Å². The van der Waals surface area contributed by atoms with Gasteiger partial charge in [-0.15, -0.1) is 0 Å². The van der Waals surface area contributed by atoms with Crippen LogP contribution in [0.25, 0.3) is 38.6 Å². The summed E-state index contributed by atoms with van der Waals surface area (Å²) in [6, 6.07) is 17.7. The van der Waals surface area contributed by atoms with E-state index < -0.39 is 0 Å². The number of benzene rings is 1. The molecule has 2 saturated heterocycles. The molecule has 8 rings (SSSR count). The van der Waals surface area contributed by atoms with Gasteiger partial charge in [0.2, 0.25) is 0 Å². The molecule has 3 aliphatic heterocycles. The van der Waals surface area contributed by atoms with Crippen molar-refractivity contribution in [3.63, 3.8) is 0 Å². The number of ether oxygens (including phenoxy) is 2. The van der Waals surface area contributed by atoms with Gasteiger partial charge in [0.25, 0.3) is 0 Å². The Labute approximate surface area is 325 Å². The van der Waals surface area contributed by atoms with Crippen LogP contribution in [0.5, 0.6) is 0 Å². The minimum atomic E-state index is -0.389. The first-order valence-electron chi connectivity index (χ1n) is 19.5. The average molecular weight is 752 g/mol. The van der Waals surface area contributed by atoms with Crippen molar-refractivity contribution in [3.8, 4) is 11.3 Å². The van der Waals surface area contributed by atoms with Crippen LogP contribution in [-0.2, 0) is 36.4 Å². The van der Waals surface area contributed by atoms with Crippen LogP contribution >= 0.6 is 11.6 Å². The number of rotatable bonds is 9. The van der Waals surface area contributed by atoms with Gasteiger partial charge in [-0.25, -0.2) is 4.98 Å². The van der Waals surface area contributed by atoms with E-state index in [1.165, 1.54) is 38.9 Å². The van der Waals surface area contributed by atoms with E-state index in [9.17, 15) is 5.02 Å². The summed E-state index contributed by atoms with van der Waals surface area (Å²) in [6.07, 6.45) is 5.26. The number of hydrogen-bond acceptors (Lipinski definition) is 8.